The summed E-state index contributed by atoms with van der Waals surface area (Å²) in [6.07, 6.45) is 0. The van der Waals surface area contributed by atoms with E-state index in [0.717, 1.165) is 22.7 Å². The van der Waals surface area contributed by atoms with Crippen LogP contribution in [0.25, 0.3) is 83.1 Å². The summed E-state index contributed by atoms with van der Waals surface area (Å²) >= 11 is 0. The number of nitrogens with zero attached hydrogens (tertiary/aromatic N) is 2. The number of para-hydroxylation sites is 1. The molecule has 12 rings (SSSR count). The summed E-state index contributed by atoms with van der Waals surface area (Å²) in [6.45, 7) is 11.2. The molecule has 2 nitrogen and oxygen atoms in total. The number of aromatic nitrogens is 1. The Morgan fingerprint density at radius 1 is 0.338 bits per heavy atom. The summed E-state index contributed by atoms with van der Waals surface area (Å²) in [4.78, 5) is 2.37. The zero-order valence-electron chi connectivity index (χ0n) is 39.3. The summed E-state index contributed by atoms with van der Waals surface area (Å²) in [6, 6.07) is 83.2. The summed E-state index contributed by atoms with van der Waals surface area (Å²) < 4.78 is 2.42. The number of rotatable bonds is 8. The largest absolute Gasteiger partial charge is 0.311 e. The number of fused-ring (bicyclic) bond motifs is 6. The van der Waals surface area contributed by atoms with Crippen LogP contribution in [0.2, 0.25) is 0 Å². The lowest BCUT2D eigenvalue weighted by atomic mass is 9.81. The normalized spacial score (nSPS) is 12.6. The molecule has 0 radical (unpaired) electrons. The van der Waals surface area contributed by atoms with Gasteiger partial charge < -0.3 is 9.47 Å². The van der Waals surface area contributed by atoms with Crippen molar-refractivity contribution in [2.45, 2.75) is 40.0 Å². The highest BCUT2D eigenvalue weighted by Gasteiger charge is 2.35. The van der Waals surface area contributed by atoms with Crippen LogP contribution < -0.4 is 4.90 Å². The second kappa shape index (κ2) is 16.3. The number of aryl methyl sites for hydroxylation is 3. The molecule has 68 heavy (non-hydrogen) atoms. The van der Waals surface area contributed by atoms with Crippen molar-refractivity contribution in [1.29, 1.82) is 0 Å². The molecule has 1 aliphatic rings. The van der Waals surface area contributed by atoms with Gasteiger partial charge in [0.05, 0.1) is 11.0 Å². The number of hydrogen-bond donors (Lipinski definition) is 0. The first-order valence-corrected chi connectivity index (χ1v) is 23.8. The SMILES string of the molecule is Cc1ccc(-c2ccc(-c3ccc(-n4c5ccccc5c5c(-c6ccc(N(c7ccc(C)cc7)c7ccc(-c8ccc9c(c8)C(C)(C)c8cc(C)ccc8-9)cc7)cc6)cccc54)cc3)cc2)cc1. The maximum Gasteiger partial charge on any atom is 0.0547 e. The van der Waals surface area contributed by atoms with Crippen molar-refractivity contribution in [3.8, 4) is 61.3 Å². The molecule has 0 fully saturated rings. The second-order valence-electron chi connectivity index (χ2n) is 19.2. The van der Waals surface area contributed by atoms with Crippen LogP contribution in [-0.2, 0) is 5.41 Å². The topological polar surface area (TPSA) is 8.17 Å². The fourth-order valence-corrected chi connectivity index (χ4v) is 10.7. The van der Waals surface area contributed by atoms with Crippen molar-refractivity contribution in [3.05, 3.63) is 252 Å². The summed E-state index contributed by atoms with van der Waals surface area (Å²) in [5.74, 6) is 0. The molecule has 11 aromatic rings. The molecule has 0 spiro atoms. The lowest BCUT2D eigenvalue weighted by Gasteiger charge is -2.26. The minimum absolute atomic E-state index is 0.0483. The van der Waals surface area contributed by atoms with Gasteiger partial charge in [0.25, 0.3) is 0 Å². The molecule has 1 aliphatic carbocycles. The standard InChI is InChI=1S/C66H52N2/c1-43-13-18-46(19-14-43)47-20-22-48(23-21-47)49-24-35-56(36-25-49)68-63-11-7-6-9-60(63)65-57(10-8-12-64(65)68)51-28-37-55(38-29-51)67(53-31-15-44(2)16-32-53)54-33-26-50(27-34-54)52-30-40-59-58-39-17-45(3)41-61(58)66(4,5)62(59)42-52/h6-42H,1-5H3. The van der Waals surface area contributed by atoms with Crippen molar-refractivity contribution in [2.24, 2.45) is 0 Å². The summed E-state index contributed by atoms with van der Waals surface area (Å²) in [7, 11) is 0. The average molecular weight is 873 g/mol. The molecule has 0 saturated carbocycles. The molecule has 2 heteroatoms. The monoisotopic (exact) mass is 872 g/mol. The Labute approximate surface area is 400 Å². The van der Waals surface area contributed by atoms with E-state index in [2.05, 4.69) is 269 Å². The minimum atomic E-state index is -0.0483. The third-order valence-corrected chi connectivity index (χ3v) is 14.4. The van der Waals surface area contributed by atoms with Crippen molar-refractivity contribution in [2.75, 3.05) is 4.90 Å². The predicted octanol–water partition coefficient (Wildman–Crippen LogP) is 18.2. The van der Waals surface area contributed by atoms with E-state index in [0.29, 0.717) is 0 Å². The van der Waals surface area contributed by atoms with Crippen LogP contribution in [0.5, 0.6) is 0 Å². The molecule has 1 aromatic heterocycles. The zero-order valence-corrected chi connectivity index (χ0v) is 39.3. The van der Waals surface area contributed by atoms with Gasteiger partial charge in [-0.3, -0.25) is 0 Å². The zero-order chi connectivity index (χ0) is 46.1. The van der Waals surface area contributed by atoms with Gasteiger partial charge in [-0.2, -0.15) is 0 Å². The molecule has 1 heterocycles. The maximum atomic E-state index is 2.42. The van der Waals surface area contributed by atoms with E-state index in [4.69, 9.17) is 0 Å². The average Bonchev–Trinajstić information content (AvgIpc) is 3.83. The van der Waals surface area contributed by atoms with Crippen molar-refractivity contribution >= 4 is 38.9 Å². The van der Waals surface area contributed by atoms with Gasteiger partial charge in [-0.25, -0.2) is 0 Å². The first kappa shape index (κ1) is 41.2. The molecule has 10 aromatic carbocycles. The molecule has 0 amide bonds. The van der Waals surface area contributed by atoms with Gasteiger partial charge >= 0.3 is 0 Å². The smallest absolute Gasteiger partial charge is 0.0547 e. The van der Waals surface area contributed by atoms with Crippen molar-refractivity contribution in [3.63, 3.8) is 0 Å². The van der Waals surface area contributed by atoms with Gasteiger partial charge in [-0.1, -0.05) is 188 Å². The minimum Gasteiger partial charge on any atom is -0.311 e. The van der Waals surface area contributed by atoms with Gasteiger partial charge in [-0.05, 0) is 154 Å². The summed E-state index contributed by atoms with van der Waals surface area (Å²) in [5, 5.41) is 2.50. The van der Waals surface area contributed by atoms with Crippen LogP contribution in [0, 0.1) is 20.8 Å². The van der Waals surface area contributed by atoms with Crippen LogP contribution in [0.4, 0.5) is 17.1 Å². The highest BCUT2D eigenvalue weighted by Crippen LogP contribution is 2.50. The van der Waals surface area contributed by atoms with Crippen LogP contribution in [-0.4, -0.2) is 4.57 Å². The van der Waals surface area contributed by atoms with Gasteiger partial charge in [-0.15, -0.1) is 0 Å². The molecular weight excluding hydrogens is 821 g/mol. The van der Waals surface area contributed by atoms with Crippen LogP contribution in [0.1, 0.15) is 41.7 Å². The lowest BCUT2D eigenvalue weighted by molar-refractivity contribution is 0.660. The molecule has 0 saturated heterocycles. The van der Waals surface area contributed by atoms with Crippen LogP contribution in [0.15, 0.2) is 224 Å². The number of hydrogen-bond acceptors (Lipinski definition) is 1. The van der Waals surface area contributed by atoms with Crippen molar-refractivity contribution < 1.29 is 0 Å². The Balaban J connectivity index is 0.866. The van der Waals surface area contributed by atoms with Crippen molar-refractivity contribution in [1.82, 2.24) is 4.57 Å². The molecule has 326 valence electrons. The van der Waals surface area contributed by atoms with E-state index in [1.807, 2.05) is 0 Å². The Kier molecular flexibility index (Phi) is 9.88. The van der Waals surface area contributed by atoms with E-state index in [1.54, 1.807) is 0 Å². The predicted molar refractivity (Wildman–Crippen MR) is 289 cm³/mol. The highest BCUT2D eigenvalue weighted by atomic mass is 15.1. The summed E-state index contributed by atoms with van der Waals surface area (Å²) in [5.41, 5.74) is 25.9. The van der Waals surface area contributed by atoms with Gasteiger partial charge in [0.15, 0.2) is 0 Å². The fourth-order valence-electron chi connectivity index (χ4n) is 10.7. The van der Waals surface area contributed by atoms with Gasteiger partial charge in [0.2, 0.25) is 0 Å². The van der Waals surface area contributed by atoms with E-state index >= 15 is 0 Å². The number of anilines is 3. The molecule has 0 N–H and O–H groups in total. The third kappa shape index (κ3) is 7.04. The van der Waals surface area contributed by atoms with Gasteiger partial charge in [0.1, 0.15) is 0 Å². The second-order valence-corrected chi connectivity index (χ2v) is 19.2. The first-order chi connectivity index (χ1) is 33.2. The Hall–Kier alpha value is -8.20. The highest BCUT2D eigenvalue weighted by molar-refractivity contribution is 6.15. The molecule has 0 bridgehead atoms. The fraction of sp³-hybridized carbons (Fsp3) is 0.0909. The Morgan fingerprint density at radius 3 is 1.38 bits per heavy atom. The van der Waals surface area contributed by atoms with E-state index in [9.17, 15) is 0 Å². The number of benzene rings is 10. The molecule has 0 atom stereocenters. The van der Waals surface area contributed by atoms with E-state index < -0.39 is 0 Å². The van der Waals surface area contributed by atoms with E-state index in [-0.39, 0.29) is 5.41 Å². The lowest BCUT2D eigenvalue weighted by Crippen LogP contribution is -2.15. The maximum absolute atomic E-state index is 2.42. The quantitative estimate of drug-likeness (QED) is 0.148. The molecule has 0 unspecified atom stereocenters. The first-order valence-electron chi connectivity index (χ1n) is 23.8. The van der Waals surface area contributed by atoms with E-state index in [1.165, 1.54) is 105 Å². The third-order valence-electron chi connectivity index (χ3n) is 14.4. The Morgan fingerprint density at radius 2 is 0.765 bits per heavy atom. The van der Waals surface area contributed by atoms with Crippen LogP contribution in [0.3, 0.4) is 0 Å². The van der Waals surface area contributed by atoms with Crippen LogP contribution >= 0.6 is 0 Å². The Bertz CT molecular complexity index is 3670. The van der Waals surface area contributed by atoms with Gasteiger partial charge in [0, 0.05) is 38.9 Å². The molecule has 0 aliphatic heterocycles. The molecular formula is C66H52N2.